The van der Waals surface area contributed by atoms with E-state index in [1.54, 1.807) is 30.3 Å². The van der Waals surface area contributed by atoms with Crippen LogP contribution in [-0.2, 0) is 23.7 Å². The Bertz CT molecular complexity index is 806. The zero-order valence-electron chi connectivity index (χ0n) is 14.8. The van der Waals surface area contributed by atoms with Crippen molar-refractivity contribution in [2.24, 2.45) is 5.92 Å². The van der Waals surface area contributed by atoms with E-state index < -0.39 is 24.1 Å². The Hall–Kier alpha value is -3.29. The number of hydrogen-bond donors (Lipinski definition) is 0. The molecule has 0 radical (unpaired) electrons. The number of allylic oxidation sites excluding steroid dienone is 3. The zero-order chi connectivity index (χ0) is 19.4. The maximum absolute atomic E-state index is 12.9. The molecule has 8 nitrogen and oxygen atoms in total. The second kappa shape index (κ2) is 7.94. The molecule has 0 amide bonds. The van der Waals surface area contributed by atoms with Crippen LogP contribution in [0.3, 0.4) is 0 Å². The van der Waals surface area contributed by atoms with Crippen LogP contribution in [-0.4, -0.2) is 38.9 Å². The molecule has 8 heteroatoms. The van der Waals surface area contributed by atoms with Crippen LogP contribution in [0.1, 0.15) is 17.9 Å². The third-order valence-corrected chi connectivity index (χ3v) is 4.30. The molecule has 0 bridgehead atoms. The van der Waals surface area contributed by atoms with Gasteiger partial charge < -0.3 is 23.7 Å². The molecule has 0 spiro atoms. The second-order valence-electron chi connectivity index (χ2n) is 5.89. The van der Waals surface area contributed by atoms with Crippen LogP contribution in [0.5, 0.6) is 5.75 Å². The molecule has 0 saturated carbocycles. The van der Waals surface area contributed by atoms with Gasteiger partial charge in [0.05, 0.1) is 26.1 Å². The fraction of sp³-hybridized carbons (Fsp3) is 0.316. The van der Waals surface area contributed by atoms with Crippen molar-refractivity contribution in [1.29, 1.82) is 0 Å². The molecule has 1 fully saturated rings. The van der Waals surface area contributed by atoms with Gasteiger partial charge in [0, 0.05) is 6.08 Å². The molecule has 27 heavy (non-hydrogen) atoms. The Labute approximate surface area is 155 Å². The minimum Gasteiger partial charge on any atom is -0.496 e. The van der Waals surface area contributed by atoms with Crippen molar-refractivity contribution in [2.45, 2.75) is 12.3 Å². The van der Waals surface area contributed by atoms with Gasteiger partial charge in [0.1, 0.15) is 23.9 Å². The minimum atomic E-state index is -0.828. The van der Waals surface area contributed by atoms with E-state index in [9.17, 15) is 14.4 Å². The average molecular weight is 374 g/mol. The molecule has 1 heterocycles. The lowest BCUT2D eigenvalue weighted by atomic mass is 9.81. The fourth-order valence-corrected chi connectivity index (χ4v) is 2.93. The number of carbonyl (C=O) groups is 3. The van der Waals surface area contributed by atoms with Crippen molar-refractivity contribution < 1.29 is 38.1 Å². The van der Waals surface area contributed by atoms with Crippen LogP contribution in [0.15, 0.2) is 47.9 Å². The van der Waals surface area contributed by atoms with Gasteiger partial charge in [-0.2, -0.15) is 0 Å². The summed E-state index contributed by atoms with van der Waals surface area (Å²) >= 11 is 0. The number of ketones is 1. The van der Waals surface area contributed by atoms with E-state index in [1.165, 1.54) is 20.3 Å². The smallest absolute Gasteiger partial charge is 0.496 e. The van der Waals surface area contributed by atoms with Crippen molar-refractivity contribution in [1.82, 2.24) is 0 Å². The summed E-state index contributed by atoms with van der Waals surface area (Å²) in [7, 11) is 2.44. The molecular formula is C19H18O8. The molecule has 2 atom stereocenters. The largest absolute Gasteiger partial charge is 0.513 e. The summed E-state index contributed by atoms with van der Waals surface area (Å²) in [5.74, 6) is 0.241. The first-order valence-corrected chi connectivity index (χ1v) is 8.21. The van der Waals surface area contributed by atoms with E-state index in [2.05, 4.69) is 9.47 Å². The standard InChI is InChI=1S/C19H18O8/c1-23-18(21)26-12-5-3-11(4-6-12)15-10-25-16-9-13(27-19(22)24-2)7-8-14(16)17(15)20/h3-7,9,14-15H,8,10H2,1-2H3. The first kappa shape index (κ1) is 18.5. The lowest BCUT2D eigenvalue weighted by Gasteiger charge is -2.32. The number of fused-ring (bicyclic) bond motifs is 1. The second-order valence-corrected chi connectivity index (χ2v) is 5.89. The van der Waals surface area contributed by atoms with E-state index in [1.807, 2.05) is 0 Å². The number of methoxy groups -OCH3 is 2. The molecular weight excluding hydrogens is 356 g/mol. The Morgan fingerprint density at radius 2 is 1.67 bits per heavy atom. The summed E-state index contributed by atoms with van der Waals surface area (Å²) in [6.07, 6.45) is 1.92. The van der Waals surface area contributed by atoms with Gasteiger partial charge in [0.15, 0.2) is 5.78 Å². The molecule has 3 rings (SSSR count). The first-order valence-electron chi connectivity index (χ1n) is 8.21. The van der Waals surface area contributed by atoms with Crippen LogP contribution in [0, 0.1) is 5.92 Å². The Balaban J connectivity index is 1.68. The minimum absolute atomic E-state index is 0.0162. The summed E-state index contributed by atoms with van der Waals surface area (Å²) in [4.78, 5) is 35.2. The van der Waals surface area contributed by atoms with Gasteiger partial charge in [-0.1, -0.05) is 12.1 Å². The van der Waals surface area contributed by atoms with E-state index in [4.69, 9.17) is 14.2 Å². The van der Waals surface area contributed by atoms with Gasteiger partial charge in [-0.05, 0) is 30.2 Å². The predicted molar refractivity (Wildman–Crippen MR) is 90.9 cm³/mol. The third kappa shape index (κ3) is 4.11. The fourth-order valence-electron chi connectivity index (χ4n) is 2.93. The van der Waals surface area contributed by atoms with Crippen LogP contribution in [0.4, 0.5) is 9.59 Å². The maximum Gasteiger partial charge on any atom is 0.513 e. The number of carbonyl (C=O) groups excluding carboxylic acids is 3. The molecule has 1 aliphatic carbocycles. The van der Waals surface area contributed by atoms with Crippen molar-refractivity contribution in [3.8, 4) is 5.75 Å². The number of ether oxygens (including phenoxy) is 5. The predicted octanol–water partition coefficient (Wildman–Crippen LogP) is 3.09. The molecule has 2 aliphatic rings. The van der Waals surface area contributed by atoms with Gasteiger partial charge >= 0.3 is 12.3 Å². The highest BCUT2D eigenvalue weighted by Crippen LogP contribution is 2.37. The molecule has 1 saturated heterocycles. The van der Waals surface area contributed by atoms with Gasteiger partial charge in [-0.15, -0.1) is 0 Å². The van der Waals surface area contributed by atoms with E-state index >= 15 is 0 Å². The van der Waals surface area contributed by atoms with Crippen molar-refractivity contribution in [2.75, 3.05) is 20.8 Å². The van der Waals surface area contributed by atoms with Crippen molar-refractivity contribution in [3.05, 3.63) is 53.5 Å². The zero-order valence-corrected chi connectivity index (χ0v) is 14.8. The summed E-state index contributed by atoms with van der Waals surface area (Å²) in [5, 5.41) is 0. The van der Waals surface area contributed by atoms with Crippen molar-refractivity contribution in [3.63, 3.8) is 0 Å². The van der Waals surface area contributed by atoms with Crippen molar-refractivity contribution >= 4 is 18.1 Å². The first-order chi connectivity index (χ1) is 13.0. The van der Waals surface area contributed by atoms with Crippen LogP contribution in [0.25, 0.3) is 0 Å². The maximum atomic E-state index is 12.9. The summed E-state index contributed by atoms with van der Waals surface area (Å²) < 4.78 is 24.5. The van der Waals surface area contributed by atoms with Crippen LogP contribution < -0.4 is 4.74 Å². The molecule has 1 aromatic carbocycles. The Morgan fingerprint density at radius 3 is 2.33 bits per heavy atom. The van der Waals surface area contributed by atoms with E-state index in [0.29, 0.717) is 23.7 Å². The molecule has 1 aliphatic heterocycles. The highest BCUT2D eigenvalue weighted by atomic mass is 16.7. The SMILES string of the molecule is COC(=O)OC1=CCC2C(=O)C(c3ccc(OC(=O)OC)cc3)COC2=C1. The topological polar surface area (TPSA) is 97.4 Å². The van der Waals surface area contributed by atoms with Crippen LogP contribution >= 0.6 is 0 Å². The van der Waals surface area contributed by atoms with Gasteiger partial charge in [-0.3, -0.25) is 4.79 Å². The monoisotopic (exact) mass is 374 g/mol. The van der Waals surface area contributed by atoms with E-state index in [-0.39, 0.29) is 12.4 Å². The number of rotatable bonds is 3. The summed E-state index contributed by atoms with van der Waals surface area (Å²) in [6.45, 7) is 0.171. The molecule has 1 aromatic rings. The number of Topliss-reactive ketones (excluding diaryl/α,β-unsaturated/α-hetero) is 1. The summed E-state index contributed by atoms with van der Waals surface area (Å²) in [6, 6.07) is 6.61. The highest BCUT2D eigenvalue weighted by Gasteiger charge is 2.38. The lowest BCUT2D eigenvalue weighted by molar-refractivity contribution is -0.128. The Morgan fingerprint density at radius 1 is 1.00 bits per heavy atom. The number of hydrogen-bond acceptors (Lipinski definition) is 8. The van der Waals surface area contributed by atoms with E-state index in [0.717, 1.165) is 5.56 Å². The quantitative estimate of drug-likeness (QED) is 0.588. The molecule has 142 valence electrons. The summed E-state index contributed by atoms with van der Waals surface area (Å²) in [5.41, 5.74) is 0.761. The van der Waals surface area contributed by atoms with Crippen LogP contribution in [0.2, 0.25) is 0 Å². The lowest BCUT2D eigenvalue weighted by Crippen LogP contribution is -2.34. The van der Waals surface area contributed by atoms with Gasteiger partial charge in [0.25, 0.3) is 0 Å². The highest BCUT2D eigenvalue weighted by molar-refractivity contribution is 5.91. The van der Waals surface area contributed by atoms with Gasteiger partial charge in [0.2, 0.25) is 0 Å². The Kier molecular flexibility index (Phi) is 5.44. The molecule has 0 N–H and O–H groups in total. The number of benzene rings is 1. The molecule has 0 aromatic heterocycles. The normalized spacial score (nSPS) is 21.0. The van der Waals surface area contributed by atoms with Gasteiger partial charge in [-0.25, -0.2) is 9.59 Å². The third-order valence-electron chi connectivity index (χ3n) is 4.30. The molecule has 2 unspecified atom stereocenters. The average Bonchev–Trinajstić information content (AvgIpc) is 2.69.